The zero-order chi connectivity index (χ0) is 31.2. The highest BCUT2D eigenvalue weighted by Crippen LogP contribution is 2.48. The first kappa shape index (κ1) is 32.3. The molecule has 4 nitrogen and oxygen atoms in total. The minimum absolute atomic E-state index is 0.00647. The molecule has 1 aromatic carbocycles. The van der Waals surface area contributed by atoms with Crippen LogP contribution in [0.2, 0.25) is 0 Å². The average Bonchev–Trinajstić information content (AvgIpc) is 3.62. The lowest BCUT2D eigenvalue weighted by Crippen LogP contribution is -1.99. The molecule has 0 saturated heterocycles. The molecule has 220 valence electrons. The SMILES string of the molecule is Fc1c2nc(c(F)c3c(Br)c(Br)c(c(F)c4nc(c(F)c5c(Br)c(Br)c1n5F)C(Br)=C4Br)n3-c1ccccc1)C(Br)=C2Br. The number of hydrogen-bond acceptors (Lipinski definition) is 2. The molecule has 0 N–H and O–H groups in total. The van der Waals surface area contributed by atoms with Gasteiger partial charge in [0, 0.05) is 5.69 Å². The van der Waals surface area contributed by atoms with Crippen LogP contribution in [0, 0.1) is 23.3 Å². The second-order valence-electron chi connectivity index (χ2n) is 8.73. The Morgan fingerprint density at radius 2 is 0.767 bits per heavy atom. The van der Waals surface area contributed by atoms with Crippen LogP contribution >= 0.6 is 127 Å². The van der Waals surface area contributed by atoms with Gasteiger partial charge < -0.3 is 4.57 Å². The normalized spacial score (nSPS) is 13.5. The van der Waals surface area contributed by atoms with Gasteiger partial charge >= 0.3 is 0 Å². The van der Waals surface area contributed by atoms with Crippen LogP contribution in [0.4, 0.5) is 22.0 Å². The lowest BCUT2D eigenvalue weighted by Gasteiger charge is -2.09. The summed E-state index contributed by atoms with van der Waals surface area (Å²) in [4.78, 5) is 8.06. The van der Waals surface area contributed by atoms with Gasteiger partial charge in [-0.1, -0.05) is 22.7 Å². The van der Waals surface area contributed by atoms with Crippen molar-refractivity contribution in [3.63, 3.8) is 0 Å². The number of nitrogens with zero attached hydrogens (tertiary/aromatic N) is 4. The molecule has 17 heteroatoms. The molecule has 0 amide bonds. The molecule has 4 aromatic rings. The van der Waals surface area contributed by atoms with E-state index in [1.54, 1.807) is 30.3 Å². The molecule has 0 aliphatic carbocycles. The summed E-state index contributed by atoms with van der Waals surface area (Å²) in [6, 6.07) is 8.32. The molecule has 2 aliphatic heterocycles. The lowest BCUT2D eigenvalue weighted by molar-refractivity contribution is 0.392. The van der Waals surface area contributed by atoms with E-state index >= 15 is 22.0 Å². The summed E-state index contributed by atoms with van der Waals surface area (Å²) in [5, 5.41) is 0. The van der Waals surface area contributed by atoms with Crippen molar-refractivity contribution in [2.45, 2.75) is 0 Å². The predicted molar refractivity (Wildman–Crippen MR) is 186 cm³/mol. The maximum atomic E-state index is 16.7. The first-order valence-corrected chi connectivity index (χ1v) is 17.7. The summed E-state index contributed by atoms with van der Waals surface area (Å²) in [6.45, 7) is 0. The lowest BCUT2D eigenvalue weighted by atomic mass is 10.3. The minimum Gasteiger partial charge on any atom is -0.303 e. The summed E-state index contributed by atoms with van der Waals surface area (Å²) in [5.41, 5.74) is -3.24. The van der Waals surface area contributed by atoms with E-state index in [9.17, 15) is 0 Å². The molecule has 6 rings (SSSR count). The maximum Gasteiger partial charge on any atom is 0.177 e. The van der Waals surface area contributed by atoms with Gasteiger partial charge in [0.1, 0.15) is 44.8 Å². The van der Waals surface area contributed by atoms with Crippen LogP contribution in [0.3, 0.4) is 0 Å². The second-order valence-corrected chi connectivity index (χ2v) is 15.1. The number of fused-ring (bicyclic) bond motifs is 8. The van der Waals surface area contributed by atoms with Crippen LogP contribution in [0.5, 0.6) is 0 Å². The minimum atomic E-state index is -1.25. The molecular weight excluding hydrogens is 1100 g/mol. The van der Waals surface area contributed by atoms with Crippen LogP contribution in [0.1, 0.15) is 22.8 Å². The zero-order valence-electron chi connectivity index (χ0n) is 20.1. The maximum absolute atomic E-state index is 16.7. The molecule has 0 unspecified atom stereocenters. The zero-order valence-corrected chi connectivity index (χ0v) is 32.8. The van der Waals surface area contributed by atoms with E-state index in [0.29, 0.717) is 5.69 Å². The Bertz CT molecular complexity index is 2040. The van der Waals surface area contributed by atoms with Gasteiger partial charge in [0.2, 0.25) is 0 Å². The van der Waals surface area contributed by atoms with Crippen molar-refractivity contribution in [3.8, 4) is 5.69 Å². The molecule has 43 heavy (non-hydrogen) atoms. The van der Waals surface area contributed by atoms with E-state index in [2.05, 4.69) is 137 Å². The molecule has 0 fully saturated rings. The summed E-state index contributed by atoms with van der Waals surface area (Å²) >= 11 is 25.9. The first-order chi connectivity index (χ1) is 20.3. The van der Waals surface area contributed by atoms with Crippen LogP contribution in [0.25, 0.3) is 45.7 Å². The van der Waals surface area contributed by atoms with Crippen LogP contribution in [-0.4, -0.2) is 19.3 Å². The number of hydrogen-bond donors (Lipinski definition) is 0. The molecular formula is C26H5Br8F5N4. The third kappa shape index (κ3) is 4.80. The number of aromatic nitrogens is 4. The summed E-state index contributed by atoms with van der Waals surface area (Å²) in [5.74, 6) is -4.46. The summed E-state index contributed by atoms with van der Waals surface area (Å²) < 4.78 is 82.4. The fraction of sp³-hybridized carbons (Fsp3) is 0. The third-order valence-electron chi connectivity index (χ3n) is 6.40. The van der Waals surface area contributed by atoms with Gasteiger partial charge in [-0.15, -0.1) is 0 Å². The van der Waals surface area contributed by atoms with Gasteiger partial charge in [-0.3, -0.25) is 0 Å². The standard InChI is InChI=1S/C26H5Br8F5N4/c27-7-9(29)21-17(37)25-13(33)14(34)26(43(25)39)18(38)22-10(30)8(28)20(41-22)16(36)24-12(32)11(31)23(15(35)19(7)40-21)42(24)6-4-2-1-3-5-6/h1-5H. The van der Waals surface area contributed by atoms with Crippen molar-refractivity contribution in [2.24, 2.45) is 0 Å². The Hall–Kier alpha value is -0.690. The van der Waals surface area contributed by atoms with Gasteiger partial charge in [-0.25, -0.2) is 27.5 Å². The van der Waals surface area contributed by atoms with Crippen LogP contribution in [-0.2, 0) is 0 Å². The number of halogens is 13. The smallest absolute Gasteiger partial charge is 0.177 e. The molecule has 0 radical (unpaired) electrons. The second kappa shape index (κ2) is 11.8. The molecule has 5 heterocycles. The topological polar surface area (TPSA) is 35.6 Å². The fourth-order valence-electron chi connectivity index (χ4n) is 4.46. The summed E-state index contributed by atoms with van der Waals surface area (Å²) in [6.07, 6.45) is 0. The number of rotatable bonds is 1. The van der Waals surface area contributed by atoms with Gasteiger partial charge in [0.25, 0.3) is 0 Å². The number of para-hydroxylation sites is 1. The van der Waals surface area contributed by atoms with Crippen molar-refractivity contribution in [1.82, 2.24) is 19.3 Å². The Labute approximate surface area is 305 Å². The molecule has 0 atom stereocenters. The van der Waals surface area contributed by atoms with Crippen molar-refractivity contribution >= 4 is 167 Å². The molecule has 8 bridgehead atoms. The highest BCUT2D eigenvalue weighted by molar-refractivity contribution is 9.18. The Morgan fingerprint density at radius 3 is 1.12 bits per heavy atom. The third-order valence-corrected chi connectivity index (χ3v) is 14.7. The van der Waals surface area contributed by atoms with Gasteiger partial charge in [0.05, 0.1) is 35.8 Å². The molecule has 0 spiro atoms. The highest BCUT2D eigenvalue weighted by Gasteiger charge is 2.32. The van der Waals surface area contributed by atoms with Crippen LogP contribution < -0.4 is 0 Å². The van der Waals surface area contributed by atoms with E-state index in [1.807, 2.05) is 0 Å². The largest absolute Gasteiger partial charge is 0.303 e. The Morgan fingerprint density at radius 1 is 0.465 bits per heavy atom. The number of benzene rings is 1. The van der Waals surface area contributed by atoms with Crippen LogP contribution in [0.15, 0.2) is 48.2 Å². The fourth-order valence-corrected chi connectivity index (χ4v) is 8.38. The Balaban J connectivity index is 2.01. The first-order valence-electron chi connectivity index (χ1n) is 11.4. The predicted octanol–water partition coefficient (Wildman–Crippen LogP) is 12.8. The molecule has 0 saturated carbocycles. The highest BCUT2D eigenvalue weighted by atomic mass is 79.9. The average molecular weight is 1110 g/mol. The van der Waals surface area contributed by atoms with Crippen molar-refractivity contribution in [3.05, 3.63) is 94.3 Å². The summed E-state index contributed by atoms with van der Waals surface area (Å²) in [7, 11) is 0. The molecule has 3 aromatic heterocycles. The van der Waals surface area contributed by atoms with E-state index in [-0.39, 0.29) is 63.0 Å². The molecule has 2 aliphatic rings. The quantitative estimate of drug-likeness (QED) is 0.178. The van der Waals surface area contributed by atoms with E-state index in [1.165, 1.54) is 4.57 Å². The van der Waals surface area contributed by atoms with E-state index < -0.39 is 45.7 Å². The van der Waals surface area contributed by atoms with E-state index in [4.69, 9.17) is 0 Å². The van der Waals surface area contributed by atoms with Gasteiger partial charge in [-0.2, -0.15) is 4.79 Å². The van der Waals surface area contributed by atoms with Crippen molar-refractivity contribution in [2.75, 3.05) is 0 Å². The van der Waals surface area contributed by atoms with E-state index in [0.717, 1.165) is 0 Å². The Kier molecular flexibility index (Phi) is 8.88. The van der Waals surface area contributed by atoms with Gasteiger partial charge in [-0.05, 0) is 140 Å². The monoisotopic (exact) mass is 1100 g/mol. The van der Waals surface area contributed by atoms with Crippen molar-refractivity contribution < 1.29 is 22.0 Å². The van der Waals surface area contributed by atoms with Gasteiger partial charge in [0.15, 0.2) is 23.3 Å². The van der Waals surface area contributed by atoms with Crippen molar-refractivity contribution in [1.29, 1.82) is 0 Å².